The molecule has 16 heavy (non-hydrogen) atoms. The molecule has 1 heterocycles. The summed E-state index contributed by atoms with van der Waals surface area (Å²) < 4.78 is 29.6. The van der Waals surface area contributed by atoms with Crippen molar-refractivity contribution in [3.05, 3.63) is 12.5 Å². The minimum atomic E-state index is -3.73. The molecule has 8 nitrogen and oxygen atoms in total. The molecule has 0 amide bonds. The Labute approximate surface area is 91.7 Å². The van der Waals surface area contributed by atoms with Gasteiger partial charge in [0.15, 0.2) is 0 Å². The van der Waals surface area contributed by atoms with Crippen LogP contribution in [0, 0.1) is 0 Å². The van der Waals surface area contributed by atoms with Gasteiger partial charge in [-0.15, -0.1) is 0 Å². The van der Waals surface area contributed by atoms with Gasteiger partial charge in [-0.2, -0.15) is 0 Å². The van der Waals surface area contributed by atoms with Crippen molar-refractivity contribution in [2.75, 3.05) is 19.6 Å². The van der Waals surface area contributed by atoms with E-state index in [1.165, 1.54) is 6.20 Å². The van der Waals surface area contributed by atoms with E-state index in [1.54, 1.807) is 0 Å². The summed E-state index contributed by atoms with van der Waals surface area (Å²) in [5.41, 5.74) is 0. The lowest BCUT2D eigenvalue weighted by Gasteiger charge is -2.03. The molecule has 0 aliphatic heterocycles. The summed E-state index contributed by atoms with van der Waals surface area (Å²) in [4.78, 5) is 13.6. The van der Waals surface area contributed by atoms with E-state index in [1.807, 2.05) is 0 Å². The molecule has 1 rings (SSSR count). The number of nitrogens with one attached hydrogen (secondary N) is 2. The van der Waals surface area contributed by atoms with E-state index in [9.17, 15) is 13.2 Å². The number of carboxylic acids is 1. The predicted octanol–water partition coefficient (Wildman–Crippen LogP) is -1.37. The minimum absolute atomic E-state index is 0.0536. The second-order valence-corrected chi connectivity index (χ2v) is 4.41. The number of aromatic nitrogens is 1. The predicted molar refractivity (Wildman–Crippen MR) is 52.2 cm³/mol. The molecule has 0 aromatic carbocycles. The third kappa shape index (κ3) is 3.96. The van der Waals surface area contributed by atoms with E-state index < -0.39 is 21.2 Å². The molecule has 0 saturated heterocycles. The molecule has 1 aromatic heterocycles. The van der Waals surface area contributed by atoms with Crippen LogP contribution in [0.1, 0.15) is 0 Å². The normalized spacial score (nSPS) is 11.5. The van der Waals surface area contributed by atoms with Crippen molar-refractivity contribution >= 4 is 16.0 Å². The summed E-state index contributed by atoms with van der Waals surface area (Å²) in [5, 5.41) is 10.4. The molecule has 90 valence electrons. The SMILES string of the molecule is O=C(O)CNCCNS(=O)(=O)c1ncco1. The Morgan fingerprint density at radius 3 is 2.81 bits per heavy atom. The lowest BCUT2D eigenvalue weighted by Crippen LogP contribution is -2.34. The zero-order valence-electron chi connectivity index (χ0n) is 8.21. The van der Waals surface area contributed by atoms with Crippen LogP contribution in [0.5, 0.6) is 0 Å². The molecule has 3 N–H and O–H groups in total. The van der Waals surface area contributed by atoms with Crippen LogP contribution in [0.2, 0.25) is 0 Å². The fraction of sp³-hybridized carbons (Fsp3) is 0.429. The zero-order chi connectivity index (χ0) is 12.0. The Kier molecular flexibility index (Phi) is 4.40. The first-order valence-corrected chi connectivity index (χ1v) is 5.82. The summed E-state index contributed by atoms with van der Waals surface area (Å²) in [7, 11) is -3.73. The molecule has 9 heteroatoms. The highest BCUT2D eigenvalue weighted by Crippen LogP contribution is 2.02. The van der Waals surface area contributed by atoms with Crippen molar-refractivity contribution in [3.63, 3.8) is 0 Å². The zero-order valence-corrected chi connectivity index (χ0v) is 9.03. The maximum absolute atomic E-state index is 11.4. The highest BCUT2D eigenvalue weighted by atomic mass is 32.2. The van der Waals surface area contributed by atoms with Crippen LogP contribution in [0.15, 0.2) is 22.1 Å². The number of hydrogen-bond donors (Lipinski definition) is 3. The van der Waals surface area contributed by atoms with Gasteiger partial charge in [0.05, 0.1) is 12.7 Å². The first-order valence-electron chi connectivity index (χ1n) is 4.34. The van der Waals surface area contributed by atoms with Gasteiger partial charge >= 0.3 is 11.2 Å². The number of nitrogens with zero attached hydrogens (tertiary/aromatic N) is 1. The molecule has 0 atom stereocenters. The summed E-state index contributed by atoms with van der Waals surface area (Å²) in [6.07, 6.45) is 2.37. The molecule has 0 saturated carbocycles. The highest BCUT2D eigenvalue weighted by Gasteiger charge is 2.17. The molecule has 1 aromatic rings. The van der Waals surface area contributed by atoms with E-state index in [4.69, 9.17) is 5.11 Å². The third-order valence-electron chi connectivity index (χ3n) is 1.51. The number of carbonyl (C=O) groups is 1. The monoisotopic (exact) mass is 249 g/mol. The number of oxazole rings is 1. The molecular formula is C7H11N3O5S. The second kappa shape index (κ2) is 5.58. The Hall–Kier alpha value is -1.45. The lowest BCUT2D eigenvalue weighted by molar-refractivity contribution is -0.135. The van der Waals surface area contributed by atoms with Crippen molar-refractivity contribution in [3.8, 4) is 0 Å². The lowest BCUT2D eigenvalue weighted by atomic mass is 10.6. The van der Waals surface area contributed by atoms with Crippen molar-refractivity contribution in [1.82, 2.24) is 15.0 Å². The molecule has 0 unspecified atom stereocenters. The van der Waals surface area contributed by atoms with Gasteiger partial charge in [0, 0.05) is 13.1 Å². The van der Waals surface area contributed by atoms with E-state index in [-0.39, 0.29) is 19.6 Å². The quantitative estimate of drug-likeness (QED) is 0.509. The molecule has 0 aliphatic rings. The average molecular weight is 249 g/mol. The summed E-state index contributed by atoms with van der Waals surface area (Å²) in [6.45, 7) is 0.0327. The maximum atomic E-state index is 11.4. The van der Waals surface area contributed by atoms with Crippen LogP contribution < -0.4 is 10.0 Å². The van der Waals surface area contributed by atoms with Gasteiger partial charge in [0.25, 0.3) is 10.0 Å². The topological polar surface area (TPSA) is 122 Å². The van der Waals surface area contributed by atoms with Crippen LogP contribution in [-0.4, -0.2) is 44.1 Å². The Morgan fingerprint density at radius 1 is 1.50 bits per heavy atom. The van der Waals surface area contributed by atoms with E-state index in [0.717, 1.165) is 6.26 Å². The van der Waals surface area contributed by atoms with E-state index >= 15 is 0 Å². The third-order valence-corrected chi connectivity index (χ3v) is 2.76. The first-order chi connectivity index (χ1) is 7.52. The standard InChI is InChI=1S/C7H11N3O5S/c11-6(12)5-8-1-2-10-16(13,14)7-9-3-4-15-7/h3-4,8,10H,1-2,5H2,(H,11,12). The number of aliphatic carboxylic acids is 1. The van der Waals surface area contributed by atoms with Gasteiger partial charge in [-0.3, -0.25) is 4.79 Å². The molecule has 0 aliphatic carbocycles. The van der Waals surface area contributed by atoms with Gasteiger partial charge in [0.2, 0.25) is 0 Å². The highest BCUT2D eigenvalue weighted by molar-refractivity contribution is 7.89. The van der Waals surface area contributed by atoms with Gasteiger partial charge in [-0.1, -0.05) is 0 Å². The summed E-state index contributed by atoms with van der Waals surface area (Å²) in [5.74, 6) is -1.00. The van der Waals surface area contributed by atoms with Crippen LogP contribution in [0.3, 0.4) is 0 Å². The van der Waals surface area contributed by atoms with Crippen LogP contribution in [0.4, 0.5) is 0 Å². The molecule has 0 spiro atoms. The molecular weight excluding hydrogens is 238 g/mol. The van der Waals surface area contributed by atoms with Gasteiger partial charge in [-0.25, -0.2) is 18.1 Å². The van der Waals surface area contributed by atoms with Gasteiger partial charge in [0.1, 0.15) is 6.26 Å². The van der Waals surface area contributed by atoms with Crippen LogP contribution in [0.25, 0.3) is 0 Å². The Balaban J connectivity index is 2.30. The Bertz CT molecular complexity index is 427. The minimum Gasteiger partial charge on any atom is -0.480 e. The van der Waals surface area contributed by atoms with Crippen LogP contribution >= 0.6 is 0 Å². The van der Waals surface area contributed by atoms with E-state index in [0.29, 0.717) is 0 Å². The van der Waals surface area contributed by atoms with Gasteiger partial charge < -0.3 is 14.8 Å². The molecule has 0 bridgehead atoms. The van der Waals surface area contributed by atoms with Crippen molar-refractivity contribution < 1.29 is 22.7 Å². The smallest absolute Gasteiger partial charge is 0.330 e. The molecule has 0 fully saturated rings. The number of hydrogen-bond acceptors (Lipinski definition) is 6. The number of carboxylic acid groups (broad SMARTS) is 1. The van der Waals surface area contributed by atoms with Crippen LogP contribution in [-0.2, 0) is 14.8 Å². The van der Waals surface area contributed by atoms with E-state index in [2.05, 4.69) is 19.4 Å². The van der Waals surface area contributed by atoms with Gasteiger partial charge in [-0.05, 0) is 0 Å². The Morgan fingerprint density at radius 2 is 2.25 bits per heavy atom. The maximum Gasteiger partial charge on any atom is 0.330 e. The first kappa shape index (κ1) is 12.6. The van der Waals surface area contributed by atoms with Crippen molar-refractivity contribution in [2.45, 2.75) is 5.22 Å². The summed E-state index contributed by atoms with van der Waals surface area (Å²) >= 11 is 0. The fourth-order valence-electron chi connectivity index (χ4n) is 0.874. The van der Waals surface area contributed by atoms with Crippen molar-refractivity contribution in [2.24, 2.45) is 0 Å². The number of sulfonamides is 1. The number of rotatable bonds is 7. The summed E-state index contributed by atoms with van der Waals surface area (Å²) in [6, 6.07) is 0. The largest absolute Gasteiger partial charge is 0.480 e. The second-order valence-electron chi connectivity index (χ2n) is 2.77. The molecule has 0 radical (unpaired) electrons. The fourth-order valence-corrected chi connectivity index (χ4v) is 1.75. The average Bonchev–Trinajstić information content (AvgIpc) is 2.69. The van der Waals surface area contributed by atoms with Crippen molar-refractivity contribution in [1.29, 1.82) is 0 Å².